The molecule has 0 bridgehead atoms. The van der Waals surface area contributed by atoms with Crippen molar-refractivity contribution in [2.45, 2.75) is 30.8 Å². The van der Waals surface area contributed by atoms with E-state index in [1.165, 1.54) is 36.4 Å². The van der Waals surface area contributed by atoms with Crippen molar-refractivity contribution in [2.75, 3.05) is 6.61 Å². The number of nitrogens with two attached hydrogens (primary N) is 1. The molecule has 0 amide bonds. The number of H-pyrrole nitrogens is 1. The molecule has 0 radical (unpaired) electrons. The number of unbranched alkanes of at least 4 members (excludes halogenated alkanes) is 1. The second-order valence-electron chi connectivity index (χ2n) is 6.59. The minimum absolute atomic E-state index is 0.0231. The van der Waals surface area contributed by atoms with Crippen LogP contribution in [-0.4, -0.2) is 25.2 Å². The lowest BCUT2D eigenvalue weighted by molar-refractivity contribution is -0.140. The van der Waals surface area contributed by atoms with E-state index in [0.29, 0.717) is 12.4 Å². The normalized spacial score (nSPS) is 12.2. The molecule has 0 saturated heterocycles. The monoisotopic (exact) mass is 439 g/mol. The van der Waals surface area contributed by atoms with Crippen molar-refractivity contribution < 1.29 is 26.3 Å². The maximum atomic E-state index is 13.6. The van der Waals surface area contributed by atoms with Gasteiger partial charge in [-0.15, -0.1) is 0 Å². The van der Waals surface area contributed by atoms with Gasteiger partial charge in [0.05, 0.1) is 11.5 Å². The highest BCUT2D eigenvalue weighted by molar-refractivity contribution is 7.89. The fourth-order valence-corrected chi connectivity index (χ4v) is 3.73. The molecular formula is C20H20F3N3O3S. The number of nitrogens with one attached hydrogen (secondary N) is 1. The number of benzene rings is 2. The largest absolute Gasteiger partial charge is 0.494 e. The van der Waals surface area contributed by atoms with Crippen LogP contribution in [0.2, 0.25) is 0 Å². The van der Waals surface area contributed by atoms with E-state index in [1.807, 2.05) is 12.0 Å². The Labute approximate surface area is 171 Å². The van der Waals surface area contributed by atoms with Crippen LogP contribution in [0.25, 0.3) is 22.4 Å². The Morgan fingerprint density at radius 2 is 1.77 bits per heavy atom. The average molecular weight is 439 g/mol. The Hall–Kier alpha value is -2.85. The van der Waals surface area contributed by atoms with Gasteiger partial charge in [-0.05, 0) is 30.2 Å². The first-order valence-corrected chi connectivity index (χ1v) is 10.7. The lowest BCUT2D eigenvalue weighted by atomic mass is 9.98. The zero-order valence-corrected chi connectivity index (χ0v) is 16.8. The molecule has 6 nitrogen and oxygen atoms in total. The van der Waals surface area contributed by atoms with Crippen molar-refractivity contribution in [3.8, 4) is 28.1 Å². The summed E-state index contributed by atoms with van der Waals surface area (Å²) in [5.41, 5.74) is -1.32. The van der Waals surface area contributed by atoms with Gasteiger partial charge >= 0.3 is 6.18 Å². The number of primary sulfonamides is 1. The Kier molecular flexibility index (Phi) is 6.18. The topological polar surface area (TPSA) is 98.1 Å². The molecule has 0 unspecified atom stereocenters. The Balaban J connectivity index is 2.15. The molecule has 3 aromatic rings. The minimum Gasteiger partial charge on any atom is -0.494 e. The molecule has 0 spiro atoms. The van der Waals surface area contributed by atoms with E-state index in [9.17, 15) is 21.6 Å². The predicted molar refractivity (Wildman–Crippen MR) is 106 cm³/mol. The van der Waals surface area contributed by atoms with Gasteiger partial charge in [0.1, 0.15) is 17.1 Å². The smallest absolute Gasteiger partial charge is 0.433 e. The van der Waals surface area contributed by atoms with Crippen molar-refractivity contribution in [2.24, 2.45) is 5.14 Å². The number of hydrogen-bond acceptors (Lipinski definition) is 4. The van der Waals surface area contributed by atoms with Crippen LogP contribution < -0.4 is 9.88 Å². The summed E-state index contributed by atoms with van der Waals surface area (Å²) in [7, 11) is -4.18. The molecule has 160 valence electrons. The molecule has 0 saturated carbocycles. The second kappa shape index (κ2) is 8.49. The van der Waals surface area contributed by atoms with E-state index < -0.39 is 21.9 Å². The number of rotatable bonds is 7. The number of nitrogens with zero attached hydrogens (tertiary/aromatic N) is 1. The number of hydrogen-bond donors (Lipinski definition) is 2. The summed E-state index contributed by atoms with van der Waals surface area (Å²) in [5.74, 6) is 0.524. The number of ether oxygens (including phenoxy) is 1. The Bertz CT molecular complexity index is 1120. The Morgan fingerprint density at radius 3 is 2.37 bits per heavy atom. The van der Waals surface area contributed by atoms with E-state index in [4.69, 9.17) is 9.88 Å². The third-order valence-electron chi connectivity index (χ3n) is 4.41. The van der Waals surface area contributed by atoms with E-state index in [1.54, 1.807) is 12.1 Å². The van der Waals surface area contributed by atoms with Crippen LogP contribution in [0.5, 0.6) is 5.75 Å². The van der Waals surface area contributed by atoms with Gasteiger partial charge in [0.2, 0.25) is 10.0 Å². The number of halogens is 3. The van der Waals surface area contributed by atoms with Gasteiger partial charge in [0, 0.05) is 11.1 Å². The standard InChI is InChI=1S/C20H20F3N3O3S/c1-2-3-12-29-14-10-8-13(9-11-14)17-18(25-26-19(17)20(21,22)23)15-6-4-5-7-16(15)30(24,27)28/h4-11H,2-3,12H2,1H3,(H,25,26)(H2,24,27,28). The predicted octanol–water partition coefficient (Wildman–Crippen LogP) is 4.59. The molecule has 1 heterocycles. The fourth-order valence-electron chi connectivity index (χ4n) is 2.99. The highest BCUT2D eigenvalue weighted by atomic mass is 32.2. The van der Waals surface area contributed by atoms with Gasteiger partial charge < -0.3 is 4.74 Å². The van der Waals surface area contributed by atoms with E-state index >= 15 is 0 Å². The first-order valence-electron chi connectivity index (χ1n) is 9.14. The van der Waals surface area contributed by atoms with Gasteiger partial charge in [-0.1, -0.05) is 43.7 Å². The molecule has 0 aliphatic carbocycles. The summed E-state index contributed by atoms with van der Waals surface area (Å²) in [6, 6.07) is 11.6. The summed E-state index contributed by atoms with van der Waals surface area (Å²) in [5, 5.41) is 11.0. The van der Waals surface area contributed by atoms with Gasteiger partial charge in [-0.25, -0.2) is 13.6 Å². The molecule has 0 aliphatic heterocycles. The summed E-state index contributed by atoms with van der Waals surface area (Å²) >= 11 is 0. The van der Waals surface area contributed by atoms with Crippen molar-refractivity contribution >= 4 is 10.0 Å². The molecule has 3 rings (SSSR count). The summed E-state index contributed by atoms with van der Waals surface area (Å²) in [6.07, 6.45) is -2.92. The maximum absolute atomic E-state index is 13.6. The second-order valence-corrected chi connectivity index (χ2v) is 8.12. The SMILES string of the molecule is CCCCOc1ccc(-c2c(-c3ccccc3S(N)(=O)=O)n[nH]c2C(F)(F)F)cc1. The number of aromatic nitrogens is 2. The highest BCUT2D eigenvalue weighted by Crippen LogP contribution is 2.42. The molecule has 3 N–H and O–H groups in total. The van der Waals surface area contributed by atoms with Crippen molar-refractivity contribution in [1.82, 2.24) is 10.2 Å². The molecule has 0 atom stereocenters. The minimum atomic E-state index is -4.73. The average Bonchev–Trinajstić information content (AvgIpc) is 3.13. The van der Waals surface area contributed by atoms with Crippen LogP contribution >= 0.6 is 0 Å². The summed E-state index contributed by atoms with van der Waals surface area (Å²) < 4.78 is 70.4. The van der Waals surface area contributed by atoms with Crippen LogP contribution in [0.15, 0.2) is 53.4 Å². The summed E-state index contributed by atoms with van der Waals surface area (Å²) in [4.78, 5) is -0.314. The van der Waals surface area contributed by atoms with Crippen molar-refractivity contribution in [3.63, 3.8) is 0 Å². The first-order chi connectivity index (χ1) is 14.1. The van der Waals surface area contributed by atoms with E-state index in [2.05, 4.69) is 5.10 Å². The van der Waals surface area contributed by atoms with Crippen molar-refractivity contribution in [1.29, 1.82) is 0 Å². The molecular weight excluding hydrogens is 419 g/mol. The molecule has 0 aliphatic rings. The van der Waals surface area contributed by atoms with Crippen LogP contribution in [0.3, 0.4) is 0 Å². The number of aromatic amines is 1. The number of sulfonamides is 1. The molecule has 1 aromatic heterocycles. The number of alkyl halides is 3. The Morgan fingerprint density at radius 1 is 1.10 bits per heavy atom. The van der Waals surface area contributed by atoms with Gasteiger partial charge in [-0.2, -0.15) is 18.3 Å². The highest BCUT2D eigenvalue weighted by Gasteiger charge is 2.38. The zero-order valence-electron chi connectivity index (χ0n) is 16.0. The molecule has 10 heteroatoms. The van der Waals surface area contributed by atoms with Crippen LogP contribution in [-0.2, 0) is 16.2 Å². The van der Waals surface area contributed by atoms with Crippen LogP contribution in [0.1, 0.15) is 25.5 Å². The fraction of sp³-hybridized carbons (Fsp3) is 0.250. The van der Waals surface area contributed by atoms with Gasteiger partial charge in [0.15, 0.2) is 0 Å². The van der Waals surface area contributed by atoms with Crippen LogP contribution in [0, 0.1) is 0 Å². The van der Waals surface area contributed by atoms with E-state index in [0.717, 1.165) is 12.8 Å². The lowest BCUT2D eigenvalue weighted by Gasteiger charge is -2.12. The van der Waals surface area contributed by atoms with Crippen LogP contribution in [0.4, 0.5) is 13.2 Å². The first kappa shape index (κ1) is 21.8. The molecule has 0 fully saturated rings. The quantitative estimate of drug-likeness (QED) is 0.526. The van der Waals surface area contributed by atoms with E-state index in [-0.39, 0.29) is 27.3 Å². The third kappa shape index (κ3) is 4.65. The van der Waals surface area contributed by atoms with Gasteiger partial charge in [-0.3, -0.25) is 5.10 Å². The zero-order chi connectivity index (χ0) is 21.9. The molecule has 2 aromatic carbocycles. The third-order valence-corrected chi connectivity index (χ3v) is 5.38. The van der Waals surface area contributed by atoms with Crippen molar-refractivity contribution in [3.05, 3.63) is 54.2 Å². The maximum Gasteiger partial charge on any atom is 0.433 e. The molecule has 30 heavy (non-hydrogen) atoms. The van der Waals surface area contributed by atoms with Gasteiger partial charge in [0.25, 0.3) is 0 Å². The lowest BCUT2D eigenvalue weighted by Crippen LogP contribution is -2.13. The summed E-state index contributed by atoms with van der Waals surface area (Å²) in [6.45, 7) is 2.52.